The standard InChI is InChI=1S/C24H21N3O3S2/c1-27(20-12-6-3-7-13-20)32(29,30)22-14-8-11-19(16-22)23(28)26-24-25-17-21(31-24)15-18-9-4-2-5-10-18/h2-14,16-17H,15H2,1H3,(H,25,26,28). The highest BCUT2D eigenvalue weighted by Crippen LogP contribution is 2.24. The summed E-state index contributed by atoms with van der Waals surface area (Å²) in [6.45, 7) is 0. The van der Waals surface area contributed by atoms with Crippen LogP contribution in [0.3, 0.4) is 0 Å². The number of nitrogens with one attached hydrogen (secondary N) is 1. The van der Waals surface area contributed by atoms with E-state index in [1.54, 1.807) is 42.6 Å². The lowest BCUT2D eigenvalue weighted by molar-refractivity contribution is 0.102. The molecule has 0 aliphatic carbocycles. The maximum Gasteiger partial charge on any atom is 0.264 e. The summed E-state index contributed by atoms with van der Waals surface area (Å²) in [5, 5.41) is 3.23. The van der Waals surface area contributed by atoms with E-state index >= 15 is 0 Å². The van der Waals surface area contributed by atoms with Crippen molar-refractivity contribution in [2.45, 2.75) is 11.3 Å². The van der Waals surface area contributed by atoms with Crippen molar-refractivity contribution in [3.63, 3.8) is 0 Å². The number of rotatable bonds is 7. The second-order valence-electron chi connectivity index (χ2n) is 7.08. The number of thiazole rings is 1. The highest BCUT2D eigenvalue weighted by atomic mass is 32.2. The van der Waals surface area contributed by atoms with Gasteiger partial charge in [-0.15, -0.1) is 11.3 Å². The summed E-state index contributed by atoms with van der Waals surface area (Å²) in [6, 6.07) is 24.8. The number of aromatic nitrogens is 1. The molecule has 162 valence electrons. The van der Waals surface area contributed by atoms with Crippen molar-refractivity contribution in [2.24, 2.45) is 0 Å². The Morgan fingerprint density at radius 3 is 2.38 bits per heavy atom. The molecule has 0 bridgehead atoms. The van der Waals surface area contributed by atoms with Gasteiger partial charge < -0.3 is 0 Å². The van der Waals surface area contributed by atoms with Gasteiger partial charge in [0.05, 0.1) is 10.6 Å². The molecule has 3 aromatic carbocycles. The van der Waals surface area contributed by atoms with E-state index in [0.29, 0.717) is 10.8 Å². The number of anilines is 2. The van der Waals surface area contributed by atoms with Crippen LogP contribution in [0.4, 0.5) is 10.8 Å². The first kappa shape index (κ1) is 21.7. The Morgan fingerprint density at radius 1 is 0.969 bits per heavy atom. The van der Waals surface area contributed by atoms with Crippen molar-refractivity contribution in [1.29, 1.82) is 0 Å². The zero-order valence-electron chi connectivity index (χ0n) is 17.3. The normalized spacial score (nSPS) is 11.2. The Hall–Kier alpha value is -3.49. The average molecular weight is 464 g/mol. The lowest BCUT2D eigenvalue weighted by atomic mass is 10.1. The Kier molecular flexibility index (Phi) is 6.34. The minimum atomic E-state index is -3.81. The lowest BCUT2D eigenvalue weighted by Crippen LogP contribution is -2.26. The third kappa shape index (κ3) is 4.87. The van der Waals surface area contributed by atoms with Crippen LogP contribution in [0, 0.1) is 0 Å². The molecule has 6 nitrogen and oxygen atoms in total. The van der Waals surface area contributed by atoms with Gasteiger partial charge in [-0.25, -0.2) is 13.4 Å². The van der Waals surface area contributed by atoms with Crippen molar-refractivity contribution < 1.29 is 13.2 Å². The molecule has 1 N–H and O–H groups in total. The smallest absolute Gasteiger partial charge is 0.264 e. The number of carbonyl (C=O) groups is 1. The number of carbonyl (C=O) groups excluding carboxylic acids is 1. The minimum Gasteiger partial charge on any atom is -0.298 e. The Bertz CT molecular complexity index is 1320. The molecule has 0 saturated carbocycles. The van der Waals surface area contributed by atoms with Crippen LogP contribution in [0.25, 0.3) is 0 Å². The van der Waals surface area contributed by atoms with E-state index in [2.05, 4.69) is 10.3 Å². The molecular weight excluding hydrogens is 442 g/mol. The molecule has 32 heavy (non-hydrogen) atoms. The molecule has 4 aromatic rings. The van der Waals surface area contributed by atoms with E-state index in [4.69, 9.17) is 0 Å². The van der Waals surface area contributed by atoms with Crippen LogP contribution in [0.2, 0.25) is 0 Å². The zero-order valence-corrected chi connectivity index (χ0v) is 18.9. The van der Waals surface area contributed by atoms with Gasteiger partial charge in [0.15, 0.2) is 5.13 Å². The molecule has 1 aromatic heterocycles. The van der Waals surface area contributed by atoms with Crippen LogP contribution in [-0.2, 0) is 16.4 Å². The van der Waals surface area contributed by atoms with Crippen molar-refractivity contribution in [2.75, 3.05) is 16.7 Å². The maximum absolute atomic E-state index is 13.0. The van der Waals surface area contributed by atoms with Crippen LogP contribution in [0.5, 0.6) is 0 Å². The van der Waals surface area contributed by atoms with E-state index in [0.717, 1.165) is 16.9 Å². The highest BCUT2D eigenvalue weighted by molar-refractivity contribution is 7.92. The minimum absolute atomic E-state index is 0.0420. The molecule has 0 atom stereocenters. The molecule has 1 amide bonds. The fourth-order valence-electron chi connectivity index (χ4n) is 3.15. The third-order valence-corrected chi connectivity index (χ3v) is 7.56. The van der Waals surface area contributed by atoms with E-state index < -0.39 is 15.9 Å². The Morgan fingerprint density at radius 2 is 1.66 bits per heavy atom. The summed E-state index contributed by atoms with van der Waals surface area (Å²) in [7, 11) is -2.32. The van der Waals surface area contributed by atoms with Gasteiger partial charge in [-0.1, -0.05) is 54.6 Å². The molecule has 0 saturated heterocycles. The van der Waals surface area contributed by atoms with E-state index in [1.807, 2.05) is 36.4 Å². The van der Waals surface area contributed by atoms with E-state index in [-0.39, 0.29) is 10.5 Å². The van der Waals surface area contributed by atoms with Gasteiger partial charge in [-0.3, -0.25) is 14.4 Å². The predicted molar refractivity (Wildman–Crippen MR) is 128 cm³/mol. The quantitative estimate of drug-likeness (QED) is 0.427. The van der Waals surface area contributed by atoms with Crippen molar-refractivity contribution in [3.8, 4) is 0 Å². The summed E-state index contributed by atoms with van der Waals surface area (Å²) in [6.07, 6.45) is 2.47. The summed E-state index contributed by atoms with van der Waals surface area (Å²) in [5.74, 6) is -0.412. The Labute approximate surface area is 191 Å². The van der Waals surface area contributed by atoms with Crippen LogP contribution in [0.15, 0.2) is 96.0 Å². The van der Waals surface area contributed by atoms with E-state index in [9.17, 15) is 13.2 Å². The second kappa shape index (κ2) is 9.33. The molecule has 0 spiro atoms. The maximum atomic E-state index is 13.0. The topological polar surface area (TPSA) is 79.4 Å². The molecule has 4 rings (SSSR count). The van der Waals surface area contributed by atoms with Crippen LogP contribution in [0.1, 0.15) is 20.8 Å². The number of hydrogen-bond donors (Lipinski definition) is 1. The molecule has 0 aliphatic heterocycles. The summed E-state index contributed by atoms with van der Waals surface area (Å²) in [5.41, 5.74) is 1.94. The molecule has 0 aliphatic rings. The molecular formula is C24H21N3O3S2. The lowest BCUT2D eigenvalue weighted by Gasteiger charge is -2.19. The van der Waals surface area contributed by atoms with Gasteiger partial charge in [-0.05, 0) is 35.9 Å². The number of benzene rings is 3. The molecule has 0 unspecified atom stereocenters. The van der Waals surface area contributed by atoms with Gasteiger partial charge in [0.1, 0.15) is 0 Å². The second-order valence-corrected chi connectivity index (χ2v) is 10.2. The van der Waals surface area contributed by atoms with Gasteiger partial charge in [0.25, 0.3) is 15.9 Å². The molecule has 1 heterocycles. The summed E-state index contributed by atoms with van der Waals surface area (Å²) < 4.78 is 27.2. The van der Waals surface area contributed by atoms with Crippen molar-refractivity contribution in [3.05, 3.63) is 107 Å². The first-order valence-electron chi connectivity index (χ1n) is 9.87. The fourth-order valence-corrected chi connectivity index (χ4v) is 5.23. The third-order valence-electron chi connectivity index (χ3n) is 4.87. The molecule has 0 fully saturated rings. The van der Waals surface area contributed by atoms with Crippen molar-refractivity contribution >= 4 is 38.1 Å². The number of amides is 1. The van der Waals surface area contributed by atoms with Gasteiger partial charge in [0.2, 0.25) is 0 Å². The number of nitrogens with zero attached hydrogens (tertiary/aromatic N) is 2. The van der Waals surface area contributed by atoms with Crippen molar-refractivity contribution in [1.82, 2.24) is 4.98 Å². The van der Waals surface area contributed by atoms with Gasteiger partial charge >= 0.3 is 0 Å². The molecule has 0 radical (unpaired) electrons. The number of para-hydroxylation sites is 1. The SMILES string of the molecule is CN(c1ccccc1)S(=O)(=O)c1cccc(C(=O)Nc2ncc(Cc3ccccc3)s2)c1. The van der Waals surface area contributed by atoms with Crippen LogP contribution < -0.4 is 9.62 Å². The number of sulfonamides is 1. The molecule has 8 heteroatoms. The summed E-state index contributed by atoms with van der Waals surface area (Å²) >= 11 is 1.39. The fraction of sp³-hybridized carbons (Fsp3) is 0.0833. The van der Waals surface area contributed by atoms with Crippen LogP contribution >= 0.6 is 11.3 Å². The zero-order chi connectivity index (χ0) is 22.6. The van der Waals surface area contributed by atoms with Gasteiger partial charge in [0, 0.05) is 30.1 Å². The van der Waals surface area contributed by atoms with E-state index in [1.165, 1.54) is 34.8 Å². The number of hydrogen-bond acceptors (Lipinski definition) is 5. The van der Waals surface area contributed by atoms with Gasteiger partial charge in [-0.2, -0.15) is 0 Å². The first-order chi connectivity index (χ1) is 15.4. The Balaban J connectivity index is 1.49. The first-order valence-corrected chi connectivity index (χ1v) is 12.1. The predicted octanol–water partition coefficient (Wildman–Crippen LogP) is 4.81. The monoisotopic (exact) mass is 463 g/mol. The highest BCUT2D eigenvalue weighted by Gasteiger charge is 2.22. The van der Waals surface area contributed by atoms with Crippen LogP contribution in [-0.4, -0.2) is 26.4 Å². The summed E-state index contributed by atoms with van der Waals surface area (Å²) in [4.78, 5) is 18.1. The average Bonchev–Trinajstić information content (AvgIpc) is 3.26. The largest absolute Gasteiger partial charge is 0.298 e.